The standard InChI is InChI=1S/C15H9F14/c1-6(2)9-7(10(16,17)12(20,21)14(24,25)26)4-3-5-8(9)11(18,19)13(22,23)15(27,28)29/h3-5H,1-2H3. The van der Waals surface area contributed by atoms with E-state index in [0.29, 0.717) is 13.8 Å². The molecule has 0 spiro atoms. The number of rotatable bonds is 5. The van der Waals surface area contributed by atoms with Gasteiger partial charge < -0.3 is 0 Å². The molecule has 0 fully saturated rings. The maximum absolute atomic E-state index is 14.0. The summed E-state index contributed by atoms with van der Waals surface area (Å²) in [5, 5.41) is 0. The van der Waals surface area contributed by atoms with Crippen molar-refractivity contribution < 1.29 is 61.5 Å². The van der Waals surface area contributed by atoms with Crippen molar-refractivity contribution in [1.82, 2.24) is 0 Å². The van der Waals surface area contributed by atoms with Crippen LogP contribution in [0.25, 0.3) is 0 Å². The van der Waals surface area contributed by atoms with Gasteiger partial charge >= 0.3 is 36.0 Å². The first kappa shape index (κ1) is 25.3. The predicted molar refractivity (Wildman–Crippen MR) is 69.9 cm³/mol. The van der Waals surface area contributed by atoms with E-state index in [4.69, 9.17) is 0 Å². The minimum absolute atomic E-state index is 0.0577. The Hall–Kier alpha value is -1.76. The average Bonchev–Trinajstić information content (AvgIpc) is 2.51. The van der Waals surface area contributed by atoms with Crippen LogP contribution in [-0.2, 0) is 11.8 Å². The smallest absolute Gasteiger partial charge is 0.194 e. The van der Waals surface area contributed by atoms with Crippen LogP contribution in [0.4, 0.5) is 61.5 Å². The predicted octanol–water partition coefficient (Wildman–Crippen LogP) is 7.23. The van der Waals surface area contributed by atoms with Gasteiger partial charge in [-0.15, -0.1) is 0 Å². The van der Waals surface area contributed by atoms with Crippen LogP contribution in [0.2, 0.25) is 0 Å². The van der Waals surface area contributed by atoms with E-state index >= 15 is 0 Å². The van der Waals surface area contributed by atoms with Gasteiger partial charge in [0.25, 0.3) is 0 Å². The molecular weight excluding hydrogens is 446 g/mol. The number of benzene rings is 1. The summed E-state index contributed by atoms with van der Waals surface area (Å²) in [6, 6.07) is -0.460. The minimum atomic E-state index is -6.90. The molecule has 0 unspecified atom stereocenters. The van der Waals surface area contributed by atoms with Crippen molar-refractivity contribution in [3.8, 4) is 0 Å². The van der Waals surface area contributed by atoms with Gasteiger partial charge in [-0.2, -0.15) is 61.5 Å². The molecule has 167 valence electrons. The van der Waals surface area contributed by atoms with Crippen molar-refractivity contribution in [1.29, 1.82) is 0 Å². The van der Waals surface area contributed by atoms with Crippen molar-refractivity contribution in [2.24, 2.45) is 0 Å². The van der Waals surface area contributed by atoms with Crippen molar-refractivity contribution in [3.05, 3.63) is 40.8 Å². The van der Waals surface area contributed by atoms with Gasteiger partial charge in [0.1, 0.15) is 0 Å². The highest BCUT2D eigenvalue weighted by Crippen LogP contribution is 2.57. The van der Waals surface area contributed by atoms with Crippen molar-refractivity contribution in [2.75, 3.05) is 0 Å². The third-order valence-electron chi connectivity index (χ3n) is 3.74. The highest BCUT2D eigenvalue weighted by molar-refractivity contribution is 5.49. The first-order valence-corrected chi connectivity index (χ1v) is 7.14. The summed E-state index contributed by atoms with van der Waals surface area (Å²) in [7, 11) is 0. The van der Waals surface area contributed by atoms with Crippen LogP contribution in [-0.4, -0.2) is 24.2 Å². The van der Waals surface area contributed by atoms with Crippen LogP contribution in [0.1, 0.15) is 30.5 Å². The zero-order chi connectivity index (χ0) is 23.4. The molecule has 14 heteroatoms. The summed E-state index contributed by atoms with van der Waals surface area (Å²) in [4.78, 5) is 0. The van der Waals surface area contributed by atoms with Gasteiger partial charge in [-0.3, -0.25) is 0 Å². The zero-order valence-electron chi connectivity index (χ0n) is 14.0. The fraction of sp³-hybridized carbons (Fsp3) is 0.533. The molecule has 1 aromatic rings. The summed E-state index contributed by atoms with van der Waals surface area (Å²) < 4.78 is 183. The van der Waals surface area contributed by atoms with Gasteiger partial charge in [0.2, 0.25) is 0 Å². The van der Waals surface area contributed by atoms with Crippen LogP contribution in [0, 0.1) is 5.92 Å². The van der Waals surface area contributed by atoms with E-state index in [0.717, 1.165) is 0 Å². The Morgan fingerprint density at radius 3 is 1.03 bits per heavy atom. The quantitative estimate of drug-likeness (QED) is 0.411. The molecule has 0 saturated heterocycles. The molecule has 1 rings (SSSR count). The van der Waals surface area contributed by atoms with Gasteiger partial charge in [0.05, 0.1) is 0 Å². The average molecular weight is 455 g/mol. The second-order valence-electron chi connectivity index (χ2n) is 6.02. The molecule has 1 aromatic carbocycles. The Morgan fingerprint density at radius 1 is 0.552 bits per heavy atom. The SMILES string of the molecule is C[C](C)c1c(C(F)(F)C(F)(F)C(F)(F)F)cccc1C(F)(F)C(F)(F)C(F)(F)F. The maximum atomic E-state index is 14.0. The molecule has 0 aliphatic heterocycles. The third-order valence-corrected chi connectivity index (χ3v) is 3.74. The molecule has 0 atom stereocenters. The fourth-order valence-corrected chi connectivity index (χ4v) is 2.31. The minimum Gasteiger partial charge on any atom is -0.194 e. The van der Waals surface area contributed by atoms with Crippen LogP contribution < -0.4 is 0 Å². The van der Waals surface area contributed by atoms with Crippen molar-refractivity contribution in [2.45, 2.75) is 49.9 Å². The fourth-order valence-electron chi connectivity index (χ4n) is 2.31. The van der Waals surface area contributed by atoms with Crippen LogP contribution in [0.3, 0.4) is 0 Å². The summed E-state index contributed by atoms with van der Waals surface area (Å²) in [6.07, 6.45) is -13.8. The van der Waals surface area contributed by atoms with E-state index in [9.17, 15) is 61.5 Å². The summed E-state index contributed by atoms with van der Waals surface area (Å²) >= 11 is 0. The van der Waals surface area contributed by atoms with Gasteiger partial charge in [-0.25, -0.2) is 0 Å². The normalized spacial score (nSPS) is 15.2. The Bertz CT molecular complexity index is 682. The van der Waals surface area contributed by atoms with Gasteiger partial charge in [0.15, 0.2) is 0 Å². The highest BCUT2D eigenvalue weighted by Gasteiger charge is 2.76. The molecule has 0 N–H and O–H groups in total. The molecular formula is C15H9F14. The van der Waals surface area contributed by atoms with E-state index in [-0.39, 0.29) is 18.2 Å². The Labute approximate surface area is 153 Å². The lowest BCUT2D eigenvalue weighted by Gasteiger charge is -2.34. The van der Waals surface area contributed by atoms with Gasteiger partial charge in [0, 0.05) is 11.1 Å². The highest BCUT2D eigenvalue weighted by atomic mass is 19.4. The molecule has 0 heterocycles. The summed E-state index contributed by atoms with van der Waals surface area (Å²) in [6.45, 7) is 1.15. The third kappa shape index (κ3) is 3.74. The molecule has 0 aliphatic carbocycles. The lowest BCUT2D eigenvalue weighted by molar-refractivity contribution is -0.361. The summed E-state index contributed by atoms with van der Waals surface area (Å²) in [5.41, 5.74) is -6.96. The number of hydrogen-bond donors (Lipinski definition) is 0. The molecule has 0 nitrogen and oxygen atoms in total. The number of hydrogen-bond acceptors (Lipinski definition) is 0. The second-order valence-corrected chi connectivity index (χ2v) is 6.02. The van der Waals surface area contributed by atoms with E-state index in [1.807, 2.05) is 0 Å². The molecule has 0 amide bonds. The lowest BCUT2D eigenvalue weighted by Crippen LogP contribution is -2.52. The monoisotopic (exact) mass is 455 g/mol. The summed E-state index contributed by atoms with van der Waals surface area (Å²) in [5.74, 6) is -27.2. The van der Waals surface area contributed by atoms with Crippen LogP contribution in [0.5, 0.6) is 0 Å². The van der Waals surface area contributed by atoms with Crippen LogP contribution in [0.15, 0.2) is 18.2 Å². The van der Waals surface area contributed by atoms with Gasteiger partial charge in [-0.05, 0) is 11.5 Å². The second kappa shape index (κ2) is 6.89. The molecule has 0 aromatic heterocycles. The number of halogens is 14. The first-order chi connectivity index (χ1) is 12.5. The topological polar surface area (TPSA) is 0 Å². The number of alkyl halides is 14. The molecule has 1 radical (unpaired) electrons. The Balaban J connectivity index is 3.93. The molecule has 0 saturated carbocycles. The molecule has 0 aliphatic rings. The van der Waals surface area contributed by atoms with E-state index < -0.39 is 58.7 Å². The van der Waals surface area contributed by atoms with Crippen LogP contribution >= 0.6 is 0 Å². The first-order valence-electron chi connectivity index (χ1n) is 7.14. The Morgan fingerprint density at radius 2 is 0.828 bits per heavy atom. The lowest BCUT2D eigenvalue weighted by atomic mass is 9.83. The van der Waals surface area contributed by atoms with E-state index in [2.05, 4.69) is 0 Å². The molecule has 29 heavy (non-hydrogen) atoms. The molecule has 0 bridgehead atoms. The zero-order valence-corrected chi connectivity index (χ0v) is 14.0. The Kier molecular flexibility index (Phi) is 6.01. The van der Waals surface area contributed by atoms with Gasteiger partial charge in [-0.1, -0.05) is 32.0 Å². The largest absolute Gasteiger partial charge is 0.460 e. The van der Waals surface area contributed by atoms with E-state index in [1.54, 1.807) is 0 Å². The van der Waals surface area contributed by atoms with Crippen molar-refractivity contribution in [3.63, 3.8) is 0 Å². The van der Waals surface area contributed by atoms with Crippen molar-refractivity contribution >= 4 is 0 Å². The maximum Gasteiger partial charge on any atom is 0.460 e. The van der Waals surface area contributed by atoms with E-state index in [1.165, 1.54) is 0 Å².